The molecular formula is C49H30LiN4O+. The maximum absolute atomic E-state index is 14.0. The van der Waals surface area contributed by atoms with Gasteiger partial charge in [-0.1, -0.05) is 140 Å². The van der Waals surface area contributed by atoms with E-state index in [2.05, 4.69) is 89.9 Å². The van der Waals surface area contributed by atoms with Crippen LogP contribution in [0.3, 0.4) is 0 Å². The monoisotopic (exact) mass is 697 g/mol. The van der Waals surface area contributed by atoms with Crippen LogP contribution >= 0.6 is 0 Å². The van der Waals surface area contributed by atoms with Crippen LogP contribution in [0, 0.1) is 0 Å². The van der Waals surface area contributed by atoms with E-state index in [1.54, 1.807) is 0 Å². The van der Waals surface area contributed by atoms with Gasteiger partial charge >= 0.3 is 18.9 Å². The number of aromatic nitrogens is 4. The average molecular weight is 698 g/mol. The molecule has 0 radical (unpaired) electrons. The fraction of sp³-hybridized carbons (Fsp3) is 0.0204. The zero-order valence-corrected chi connectivity index (χ0v) is 30.0. The first kappa shape index (κ1) is 33.0. The van der Waals surface area contributed by atoms with Gasteiger partial charge in [0.15, 0.2) is 23.7 Å². The van der Waals surface area contributed by atoms with Crippen LogP contribution in [-0.4, -0.2) is 15.0 Å². The molecule has 0 bridgehead atoms. The standard InChI is InChI=1S/C49H30N4O.Li/c54-45-35(24-21-30-16-11-27-50-44(30)45)33-22-25-38-36-17-7-9-19-40(36)49(42(38)28-33)41-20-10-8-18-37(41)39-26-23-34(29-43(39)49)48-52-46(31-12-3-1-4-13-31)51-47(53-48)32-14-5-2-6-15-32;/h1-29,54H;/q;+1. The SMILES string of the molecule is [Li+].[O-]c1c(-c2ccc3c(c2)C2(c4ccccc4-c4ccc(-c5nc(-c6ccccc6)nc(-c6ccccc6)n5)cc42)c2ccccc2-3)ccc2ccc[nH+]c12. The second-order valence-corrected chi connectivity index (χ2v) is 14.0. The first-order chi connectivity index (χ1) is 26.7. The van der Waals surface area contributed by atoms with Gasteiger partial charge < -0.3 is 5.11 Å². The minimum absolute atomic E-state index is 0. The molecule has 1 spiro atoms. The Hall–Kier alpha value is -6.64. The summed E-state index contributed by atoms with van der Waals surface area (Å²) in [5.74, 6) is 1.85. The molecule has 7 aromatic carbocycles. The van der Waals surface area contributed by atoms with E-state index in [4.69, 9.17) is 15.0 Å². The van der Waals surface area contributed by atoms with Crippen molar-refractivity contribution < 1.29 is 29.0 Å². The number of fused-ring (bicyclic) bond motifs is 11. The zero-order valence-electron chi connectivity index (χ0n) is 30.0. The van der Waals surface area contributed by atoms with Crippen LogP contribution in [0.15, 0.2) is 176 Å². The summed E-state index contributed by atoms with van der Waals surface area (Å²) in [6, 6.07) is 58.7. The van der Waals surface area contributed by atoms with Gasteiger partial charge in [0.05, 0.1) is 5.41 Å². The van der Waals surface area contributed by atoms with Crippen LogP contribution in [-0.2, 0) is 5.41 Å². The Kier molecular flexibility index (Phi) is 7.64. The Morgan fingerprint density at radius 3 is 1.47 bits per heavy atom. The van der Waals surface area contributed by atoms with Crippen LogP contribution in [0.1, 0.15) is 22.3 Å². The smallest absolute Gasteiger partial charge is 0.868 e. The van der Waals surface area contributed by atoms with Crippen LogP contribution in [0.25, 0.3) is 78.4 Å². The maximum atomic E-state index is 14.0. The van der Waals surface area contributed by atoms with Gasteiger partial charge in [-0.15, -0.1) is 0 Å². The third-order valence-corrected chi connectivity index (χ3v) is 11.1. The van der Waals surface area contributed by atoms with Gasteiger partial charge in [0.1, 0.15) is 0 Å². The first-order valence-corrected chi connectivity index (χ1v) is 18.2. The number of benzene rings is 7. The Morgan fingerprint density at radius 1 is 0.400 bits per heavy atom. The molecule has 5 nitrogen and oxygen atoms in total. The molecule has 6 heteroatoms. The molecule has 0 fully saturated rings. The molecule has 0 saturated heterocycles. The van der Waals surface area contributed by atoms with Gasteiger partial charge in [0, 0.05) is 28.1 Å². The van der Waals surface area contributed by atoms with E-state index in [0.717, 1.165) is 33.2 Å². The number of pyridine rings is 1. The van der Waals surface area contributed by atoms with Crippen molar-refractivity contribution in [3.63, 3.8) is 0 Å². The van der Waals surface area contributed by atoms with Crippen LogP contribution in [0.4, 0.5) is 0 Å². The Morgan fingerprint density at radius 2 is 0.873 bits per heavy atom. The molecule has 2 aliphatic carbocycles. The third-order valence-electron chi connectivity index (χ3n) is 11.1. The molecule has 0 amide bonds. The molecule has 0 saturated carbocycles. The van der Waals surface area contributed by atoms with Crippen molar-refractivity contribution in [1.82, 2.24) is 15.0 Å². The van der Waals surface area contributed by atoms with E-state index in [1.807, 2.05) is 91.1 Å². The predicted molar refractivity (Wildman–Crippen MR) is 211 cm³/mol. The summed E-state index contributed by atoms with van der Waals surface area (Å²) < 4.78 is 0. The number of nitrogens with zero attached hydrogens (tertiary/aromatic N) is 3. The maximum Gasteiger partial charge on any atom is 1.00 e. The van der Waals surface area contributed by atoms with Crippen molar-refractivity contribution in [2.24, 2.45) is 0 Å². The normalized spacial score (nSPS) is 14.5. The Bertz CT molecular complexity index is 2900. The van der Waals surface area contributed by atoms with Crippen molar-refractivity contribution >= 4 is 10.9 Å². The Labute approximate surface area is 330 Å². The van der Waals surface area contributed by atoms with E-state index < -0.39 is 5.41 Å². The van der Waals surface area contributed by atoms with Gasteiger partial charge in [-0.05, 0) is 85.6 Å². The fourth-order valence-corrected chi connectivity index (χ4v) is 8.78. The quantitative estimate of drug-likeness (QED) is 0.187. The fourth-order valence-electron chi connectivity index (χ4n) is 8.78. The van der Waals surface area contributed by atoms with Gasteiger partial charge in [-0.25, -0.2) is 19.9 Å². The Balaban J connectivity index is 0.00000372. The molecule has 252 valence electrons. The number of H-pyrrole nitrogens is 1. The largest absolute Gasteiger partial charge is 1.00 e. The second-order valence-electron chi connectivity index (χ2n) is 14.0. The summed E-state index contributed by atoms with van der Waals surface area (Å²) in [4.78, 5) is 18.4. The van der Waals surface area contributed by atoms with E-state index in [0.29, 0.717) is 28.6 Å². The van der Waals surface area contributed by atoms with Crippen LogP contribution in [0.2, 0.25) is 0 Å². The number of nitrogens with one attached hydrogen (secondary N) is 1. The molecular weight excluding hydrogens is 668 g/mol. The molecule has 9 aromatic rings. The summed E-state index contributed by atoms with van der Waals surface area (Å²) in [5.41, 5.74) is 13.8. The summed E-state index contributed by atoms with van der Waals surface area (Å²) in [6.45, 7) is 0. The van der Waals surface area contributed by atoms with E-state index in [-0.39, 0.29) is 24.6 Å². The predicted octanol–water partition coefficient (Wildman–Crippen LogP) is 6.93. The van der Waals surface area contributed by atoms with Crippen molar-refractivity contribution in [3.05, 3.63) is 198 Å². The minimum atomic E-state index is -0.632. The van der Waals surface area contributed by atoms with Gasteiger partial charge in [-0.2, -0.15) is 0 Å². The first-order valence-electron chi connectivity index (χ1n) is 18.2. The van der Waals surface area contributed by atoms with E-state index in [9.17, 15) is 5.11 Å². The van der Waals surface area contributed by atoms with E-state index >= 15 is 0 Å². The molecule has 55 heavy (non-hydrogen) atoms. The number of aromatic amines is 1. The number of hydrogen-bond acceptors (Lipinski definition) is 4. The third kappa shape index (κ3) is 4.88. The topological polar surface area (TPSA) is 75.9 Å². The van der Waals surface area contributed by atoms with Crippen molar-refractivity contribution in [3.8, 4) is 73.3 Å². The van der Waals surface area contributed by atoms with Crippen molar-refractivity contribution in [1.29, 1.82) is 0 Å². The van der Waals surface area contributed by atoms with Gasteiger partial charge in [0.2, 0.25) is 5.52 Å². The van der Waals surface area contributed by atoms with Crippen molar-refractivity contribution in [2.75, 3.05) is 0 Å². The summed E-state index contributed by atoms with van der Waals surface area (Å²) in [7, 11) is 0. The van der Waals surface area contributed by atoms with Crippen molar-refractivity contribution in [2.45, 2.75) is 5.41 Å². The summed E-state index contributed by atoms with van der Waals surface area (Å²) in [5, 5.41) is 14.9. The molecule has 1 atom stereocenters. The zero-order chi connectivity index (χ0) is 35.8. The number of hydrogen-bond donors (Lipinski definition) is 0. The van der Waals surface area contributed by atoms with Gasteiger partial charge in [0.25, 0.3) is 0 Å². The molecule has 2 aromatic heterocycles. The van der Waals surface area contributed by atoms with Crippen LogP contribution < -0.4 is 29.0 Å². The summed E-state index contributed by atoms with van der Waals surface area (Å²) >= 11 is 0. The molecule has 2 aliphatic rings. The van der Waals surface area contributed by atoms with Gasteiger partial charge in [-0.3, -0.25) is 0 Å². The number of rotatable bonds is 4. The molecule has 1 N–H and O–H groups in total. The molecule has 11 rings (SSSR count). The average Bonchev–Trinajstić information content (AvgIpc) is 3.71. The summed E-state index contributed by atoms with van der Waals surface area (Å²) in [6.07, 6.45) is 1.81. The second kappa shape index (κ2) is 12.7. The van der Waals surface area contributed by atoms with Crippen LogP contribution in [0.5, 0.6) is 5.75 Å². The minimum Gasteiger partial charge on any atom is -0.868 e. The molecule has 1 unspecified atom stereocenters. The molecule has 2 heterocycles. The van der Waals surface area contributed by atoms with E-state index in [1.165, 1.54) is 38.9 Å². The molecule has 0 aliphatic heterocycles.